The van der Waals surface area contributed by atoms with Crippen LogP contribution in [0.15, 0.2) is 24.3 Å². The van der Waals surface area contributed by atoms with Crippen LogP contribution in [0.4, 0.5) is 0 Å². The Balaban J connectivity index is 1.54. The van der Waals surface area contributed by atoms with Gasteiger partial charge in [-0.25, -0.2) is 0 Å². The molecule has 138 valence electrons. The zero-order valence-electron chi connectivity index (χ0n) is 15.0. The summed E-state index contributed by atoms with van der Waals surface area (Å²) in [6, 6.07) is 7.28. The Kier molecular flexibility index (Phi) is 6.01. The van der Waals surface area contributed by atoms with Crippen molar-refractivity contribution < 1.29 is 9.59 Å². The van der Waals surface area contributed by atoms with Crippen molar-refractivity contribution in [2.24, 2.45) is 0 Å². The van der Waals surface area contributed by atoms with Crippen LogP contribution < -0.4 is 16.0 Å². The Labute approximate surface area is 153 Å². The fourth-order valence-electron chi connectivity index (χ4n) is 2.93. The molecule has 4 N–H and O–H groups in total. The quantitative estimate of drug-likeness (QED) is 0.566. The van der Waals surface area contributed by atoms with E-state index < -0.39 is 0 Å². The fourth-order valence-corrected chi connectivity index (χ4v) is 2.93. The number of hydrogen-bond acceptors (Lipinski definition) is 4. The Hall–Kier alpha value is -2.67. The number of nitrogens with zero attached hydrogens (tertiary/aromatic N) is 1. The molecular weight excluding hydrogens is 330 g/mol. The summed E-state index contributed by atoms with van der Waals surface area (Å²) in [5.74, 6) is -0.253. The molecule has 1 aliphatic rings. The van der Waals surface area contributed by atoms with Gasteiger partial charge in [0.15, 0.2) is 5.69 Å². The second kappa shape index (κ2) is 8.62. The van der Waals surface area contributed by atoms with Gasteiger partial charge < -0.3 is 16.0 Å². The molecule has 0 saturated carbocycles. The predicted octanol–water partition coefficient (Wildman–Crippen LogP) is 1.52. The fraction of sp³-hybridized carbons (Fsp3) is 0.421. The lowest BCUT2D eigenvalue weighted by Gasteiger charge is -2.13. The highest BCUT2D eigenvalue weighted by atomic mass is 16.2. The third-order valence-corrected chi connectivity index (χ3v) is 4.51. The summed E-state index contributed by atoms with van der Waals surface area (Å²) in [7, 11) is 0. The number of aromatic nitrogens is 2. The third kappa shape index (κ3) is 4.29. The monoisotopic (exact) mass is 355 g/mol. The molecule has 2 amide bonds. The van der Waals surface area contributed by atoms with Gasteiger partial charge in [-0.05, 0) is 24.1 Å². The highest BCUT2D eigenvalue weighted by Crippen LogP contribution is 2.15. The Morgan fingerprint density at radius 3 is 2.73 bits per heavy atom. The van der Waals surface area contributed by atoms with Gasteiger partial charge in [-0.1, -0.05) is 25.5 Å². The van der Waals surface area contributed by atoms with Gasteiger partial charge >= 0.3 is 0 Å². The van der Waals surface area contributed by atoms with Crippen molar-refractivity contribution in [2.75, 3.05) is 13.1 Å². The number of fused-ring (bicyclic) bond motifs is 1. The largest absolute Gasteiger partial charge is 0.352 e. The van der Waals surface area contributed by atoms with Crippen LogP contribution in [-0.4, -0.2) is 35.1 Å². The zero-order chi connectivity index (χ0) is 18.4. The lowest BCUT2D eigenvalue weighted by Crippen LogP contribution is -2.28. The number of hydrogen-bond donors (Lipinski definition) is 4. The molecule has 1 aromatic heterocycles. The molecule has 0 fully saturated rings. The van der Waals surface area contributed by atoms with Gasteiger partial charge in [0.1, 0.15) is 0 Å². The van der Waals surface area contributed by atoms with Crippen molar-refractivity contribution in [1.29, 1.82) is 0 Å². The summed E-state index contributed by atoms with van der Waals surface area (Å²) in [4.78, 5) is 24.4. The molecule has 0 unspecified atom stereocenters. The molecule has 0 radical (unpaired) electrons. The summed E-state index contributed by atoms with van der Waals surface area (Å²) in [6.07, 6.45) is 2.88. The van der Waals surface area contributed by atoms with Crippen LogP contribution in [-0.2, 0) is 19.5 Å². The molecule has 0 saturated heterocycles. The second-order valence-electron chi connectivity index (χ2n) is 6.45. The summed E-state index contributed by atoms with van der Waals surface area (Å²) in [5, 5.41) is 16.1. The SMILES string of the molecule is CCCCNC(=O)c1ccc(CNC(=O)c2n[nH]c3c2CNCC3)cc1. The van der Waals surface area contributed by atoms with Crippen molar-refractivity contribution in [1.82, 2.24) is 26.1 Å². The maximum atomic E-state index is 12.4. The molecule has 7 heteroatoms. The molecule has 2 aromatic rings. The topological polar surface area (TPSA) is 98.9 Å². The standard InChI is InChI=1S/C19H25N5O2/c1-2-3-9-21-18(25)14-6-4-13(5-7-14)11-22-19(26)17-15-12-20-10-8-16(15)23-24-17/h4-7,20H,2-3,8-12H2,1H3,(H,21,25)(H,22,26)(H,23,24). The third-order valence-electron chi connectivity index (χ3n) is 4.51. The molecule has 2 heterocycles. The van der Waals surface area contributed by atoms with Crippen LogP contribution in [0, 0.1) is 0 Å². The van der Waals surface area contributed by atoms with E-state index in [1.165, 1.54) is 0 Å². The van der Waals surface area contributed by atoms with Crippen LogP contribution in [0.1, 0.15) is 57.4 Å². The van der Waals surface area contributed by atoms with Gasteiger partial charge in [-0.15, -0.1) is 0 Å². The normalized spacial score (nSPS) is 13.1. The van der Waals surface area contributed by atoms with Gasteiger partial charge in [0.25, 0.3) is 11.8 Å². The molecule has 7 nitrogen and oxygen atoms in total. The van der Waals surface area contributed by atoms with Crippen LogP contribution >= 0.6 is 0 Å². The van der Waals surface area contributed by atoms with E-state index in [0.29, 0.717) is 30.9 Å². The van der Waals surface area contributed by atoms with Crippen LogP contribution in [0.3, 0.4) is 0 Å². The first kappa shape index (κ1) is 18.1. The molecular formula is C19H25N5O2. The lowest BCUT2D eigenvalue weighted by molar-refractivity contribution is 0.0938. The van der Waals surface area contributed by atoms with E-state index >= 15 is 0 Å². The minimum Gasteiger partial charge on any atom is -0.352 e. The lowest BCUT2D eigenvalue weighted by atomic mass is 10.1. The van der Waals surface area contributed by atoms with Crippen molar-refractivity contribution >= 4 is 11.8 Å². The molecule has 1 aliphatic heterocycles. The molecule has 0 aliphatic carbocycles. The molecule has 1 aromatic carbocycles. The van der Waals surface area contributed by atoms with E-state index in [2.05, 4.69) is 33.1 Å². The zero-order valence-corrected chi connectivity index (χ0v) is 15.0. The van der Waals surface area contributed by atoms with Crippen molar-refractivity contribution in [3.05, 3.63) is 52.3 Å². The molecule has 0 spiro atoms. The predicted molar refractivity (Wildman–Crippen MR) is 98.9 cm³/mol. The number of nitrogens with one attached hydrogen (secondary N) is 4. The van der Waals surface area contributed by atoms with Crippen LogP contribution in [0.25, 0.3) is 0 Å². The van der Waals surface area contributed by atoms with Gasteiger partial charge in [0.05, 0.1) is 0 Å². The maximum absolute atomic E-state index is 12.4. The minimum atomic E-state index is -0.187. The number of unbranched alkanes of at least 4 members (excludes halogenated alkanes) is 1. The highest BCUT2D eigenvalue weighted by Gasteiger charge is 2.21. The van der Waals surface area contributed by atoms with Gasteiger partial charge in [0, 0.05) is 49.4 Å². The Bertz CT molecular complexity index is 767. The van der Waals surface area contributed by atoms with E-state index in [4.69, 9.17) is 0 Å². The van der Waals surface area contributed by atoms with Crippen molar-refractivity contribution in [3.8, 4) is 0 Å². The van der Waals surface area contributed by atoms with Crippen LogP contribution in [0.2, 0.25) is 0 Å². The van der Waals surface area contributed by atoms with Crippen molar-refractivity contribution in [3.63, 3.8) is 0 Å². The molecule has 0 bridgehead atoms. The molecule has 26 heavy (non-hydrogen) atoms. The van der Waals surface area contributed by atoms with Crippen LogP contribution in [0.5, 0.6) is 0 Å². The van der Waals surface area contributed by atoms with Gasteiger partial charge in [0.2, 0.25) is 0 Å². The first-order chi connectivity index (χ1) is 12.7. The first-order valence-corrected chi connectivity index (χ1v) is 9.11. The molecule has 3 rings (SSSR count). The average molecular weight is 355 g/mol. The Morgan fingerprint density at radius 2 is 1.96 bits per heavy atom. The number of carbonyl (C=O) groups excluding carboxylic acids is 2. The van der Waals surface area contributed by atoms with E-state index in [9.17, 15) is 9.59 Å². The smallest absolute Gasteiger partial charge is 0.272 e. The summed E-state index contributed by atoms with van der Waals surface area (Å²) >= 11 is 0. The minimum absolute atomic E-state index is 0.0651. The van der Waals surface area contributed by atoms with E-state index in [0.717, 1.165) is 42.6 Å². The van der Waals surface area contributed by atoms with Gasteiger partial charge in [-0.2, -0.15) is 5.10 Å². The number of amides is 2. The summed E-state index contributed by atoms with van der Waals surface area (Å²) in [5.41, 5.74) is 4.01. The van der Waals surface area contributed by atoms with E-state index in [-0.39, 0.29) is 11.8 Å². The first-order valence-electron chi connectivity index (χ1n) is 9.11. The number of carbonyl (C=O) groups is 2. The number of H-pyrrole nitrogens is 1. The van der Waals surface area contributed by atoms with E-state index in [1.54, 1.807) is 12.1 Å². The number of benzene rings is 1. The number of aromatic amines is 1. The highest BCUT2D eigenvalue weighted by molar-refractivity contribution is 5.94. The van der Waals surface area contributed by atoms with E-state index in [1.807, 2.05) is 12.1 Å². The summed E-state index contributed by atoms with van der Waals surface area (Å²) < 4.78 is 0. The molecule has 0 atom stereocenters. The van der Waals surface area contributed by atoms with Crippen molar-refractivity contribution in [2.45, 2.75) is 39.3 Å². The van der Waals surface area contributed by atoms with Gasteiger partial charge in [-0.3, -0.25) is 14.7 Å². The second-order valence-corrected chi connectivity index (χ2v) is 6.45. The maximum Gasteiger partial charge on any atom is 0.272 e. The summed E-state index contributed by atoms with van der Waals surface area (Å²) in [6.45, 7) is 4.73. The Morgan fingerprint density at radius 1 is 1.15 bits per heavy atom. The average Bonchev–Trinajstić information content (AvgIpc) is 3.11. The number of rotatable bonds is 7.